The van der Waals surface area contributed by atoms with E-state index in [1.807, 2.05) is 0 Å². The first-order valence-corrected chi connectivity index (χ1v) is 8.75. The van der Waals surface area contributed by atoms with E-state index in [9.17, 15) is 28.5 Å². The lowest BCUT2D eigenvalue weighted by atomic mass is 10.1. The molecule has 0 saturated carbocycles. The standard InChI is InChI=1S/C18H21F2N3O6/c1-21(11-17(25)22-7-3-4-8-22)16(24)6-5-12-9-14(28-2)15(29-18(19)20)10-13(12)23(26)27/h5-6,9-10,18H,3-4,7-8,11H2,1-2H3/b6-5+. The van der Waals surface area contributed by atoms with Crippen molar-refractivity contribution >= 4 is 23.6 Å². The summed E-state index contributed by atoms with van der Waals surface area (Å²) in [4.78, 5) is 37.7. The third kappa shape index (κ3) is 5.87. The summed E-state index contributed by atoms with van der Waals surface area (Å²) in [7, 11) is 2.63. The predicted molar refractivity (Wildman–Crippen MR) is 98.8 cm³/mol. The molecule has 1 heterocycles. The Morgan fingerprint density at radius 3 is 2.52 bits per heavy atom. The predicted octanol–water partition coefficient (Wildman–Crippen LogP) is 2.30. The fourth-order valence-electron chi connectivity index (χ4n) is 2.84. The minimum atomic E-state index is -3.19. The Labute approximate surface area is 165 Å². The molecular weight excluding hydrogens is 392 g/mol. The van der Waals surface area contributed by atoms with E-state index in [0.29, 0.717) is 13.1 Å². The number of halogens is 2. The minimum Gasteiger partial charge on any atom is -0.493 e. The molecule has 0 aliphatic carbocycles. The van der Waals surface area contributed by atoms with Gasteiger partial charge in [-0.05, 0) is 25.0 Å². The molecular formula is C18H21F2N3O6. The molecule has 0 radical (unpaired) electrons. The van der Waals surface area contributed by atoms with Gasteiger partial charge in [0.25, 0.3) is 5.69 Å². The summed E-state index contributed by atoms with van der Waals surface area (Å²) < 4.78 is 34.1. The average Bonchev–Trinajstić information content (AvgIpc) is 3.20. The van der Waals surface area contributed by atoms with Crippen molar-refractivity contribution in [2.45, 2.75) is 19.5 Å². The van der Waals surface area contributed by atoms with Crippen LogP contribution in [-0.4, -0.2) is 66.9 Å². The number of rotatable bonds is 8. The monoisotopic (exact) mass is 413 g/mol. The molecule has 0 bridgehead atoms. The molecule has 1 aromatic carbocycles. The number of methoxy groups -OCH3 is 1. The highest BCUT2D eigenvalue weighted by Gasteiger charge is 2.22. The van der Waals surface area contributed by atoms with Gasteiger partial charge in [-0.1, -0.05) is 0 Å². The van der Waals surface area contributed by atoms with Crippen LogP contribution in [0.15, 0.2) is 18.2 Å². The van der Waals surface area contributed by atoms with Crippen LogP contribution in [0.4, 0.5) is 14.5 Å². The van der Waals surface area contributed by atoms with Gasteiger partial charge in [0.1, 0.15) is 0 Å². The summed E-state index contributed by atoms with van der Waals surface area (Å²) in [6.07, 6.45) is 4.08. The van der Waals surface area contributed by atoms with Gasteiger partial charge < -0.3 is 19.3 Å². The second-order valence-corrected chi connectivity index (χ2v) is 6.31. The lowest BCUT2D eigenvalue weighted by molar-refractivity contribution is -0.385. The number of hydrogen-bond donors (Lipinski definition) is 0. The molecule has 29 heavy (non-hydrogen) atoms. The summed E-state index contributed by atoms with van der Waals surface area (Å²) in [5, 5.41) is 11.3. The molecule has 1 fully saturated rings. The number of benzene rings is 1. The highest BCUT2D eigenvalue weighted by Crippen LogP contribution is 2.36. The van der Waals surface area contributed by atoms with Gasteiger partial charge in [-0.25, -0.2) is 0 Å². The average molecular weight is 413 g/mol. The van der Waals surface area contributed by atoms with Crippen LogP contribution >= 0.6 is 0 Å². The number of ether oxygens (including phenoxy) is 2. The lowest BCUT2D eigenvalue weighted by Gasteiger charge is -2.20. The van der Waals surface area contributed by atoms with Crippen LogP contribution in [0.3, 0.4) is 0 Å². The first-order valence-electron chi connectivity index (χ1n) is 8.75. The molecule has 0 atom stereocenters. The Hall–Kier alpha value is -3.24. The van der Waals surface area contributed by atoms with Crippen molar-refractivity contribution in [2.75, 3.05) is 33.8 Å². The lowest BCUT2D eigenvalue weighted by Crippen LogP contribution is -2.39. The number of nitro groups is 1. The molecule has 158 valence electrons. The molecule has 0 aromatic heterocycles. The quantitative estimate of drug-likeness (QED) is 0.368. The molecule has 0 unspecified atom stereocenters. The number of hydrogen-bond acceptors (Lipinski definition) is 6. The Bertz CT molecular complexity index is 809. The summed E-state index contributed by atoms with van der Waals surface area (Å²) in [5.41, 5.74) is -0.581. The van der Waals surface area contributed by atoms with Crippen LogP contribution in [0.25, 0.3) is 6.08 Å². The summed E-state index contributed by atoms with van der Waals surface area (Å²) >= 11 is 0. The molecule has 1 saturated heterocycles. The fraction of sp³-hybridized carbons (Fsp3) is 0.444. The van der Waals surface area contributed by atoms with Gasteiger partial charge in [0, 0.05) is 26.2 Å². The van der Waals surface area contributed by atoms with Crippen LogP contribution < -0.4 is 9.47 Å². The third-order valence-corrected chi connectivity index (χ3v) is 4.34. The van der Waals surface area contributed by atoms with E-state index in [4.69, 9.17) is 4.74 Å². The highest BCUT2D eigenvalue weighted by atomic mass is 19.3. The van der Waals surface area contributed by atoms with Crippen LogP contribution in [-0.2, 0) is 9.59 Å². The van der Waals surface area contributed by atoms with E-state index in [0.717, 1.165) is 37.1 Å². The van der Waals surface area contributed by atoms with Gasteiger partial charge in [-0.15, -0.1) is 0 Å². The van der Waals surface area contributed by atoms with Crippen LogP contribution in [0.2, 0.25) is 0 Å². The van der Waals surface area contributed by atoms with E-state index in [1.54, 1.807) is 4.90 Å². The zero-order chi connectivity index (χ0) is 21.6. The Balaban J connectivity index is 2.17. The van der Waals surface area contributed by atoms with Crippen molar-refractivity contribution in [3.05, 3.63) is 33.9 Å². The smallest absolute Gasteiger partial charge is 0.387 e. The minimum absolute atomic E-state index is 0.0407. The van der Waals surface area contributed by atoms with E-state index in [-0.39, 0.29) is 23.8 Å². The summed E-state index contributed by atoms with van der Waals surface area (Å²) in [6, 6.07) is 1.92. The van der Waals surface area contributed by atoms with Gasteiger partial charge in [-0.2, -0.15) is 8.78 Å². The normalized spacial score (nSPS) is 13.8. The van der Waals surface area contributed by atoms with E-state index in [1.165, 1.54) is 19.1 Å². The van der Waals surface area contributed by atoms with Crippen molar-refractivity contribution in [1.29, 1.82) is 0 Å². The number of likely N-dealkylation sites (N-methyl/N-ethyl adjacent to an activating group) is 1. The number of likely N-dealkylation sites (tertiary alicyclic amines) is 1. The number of amides is 2. The highest BCUT2D eigenvalue weighted by molar-refractivity contribution is 5.94. The maximum Gasteiger partial charge on any atom is 0.387 e. The SMILES string of the molecule is COc1cc(/C=C/C(=O)N(C)CC(=O)N2CCCC2)c([N+](=O)[O-])cc1OC(F)F. The van der Waals surface area contributed by atoms with Crippen molar-refractivity contribution in [1.82, 2.24) is 9.80 Å². The zero-order valence-corrected chi connectivity index (χ0v) is 16.0. The van der Waals surface area contributed by atoms with Crippen molar-refractivity contribution in [3.63, 3.8) is 0 Å². The Morgan fingerprint density at radius 1 is 1.31 bits per heavy atom. The number of carbonyl (C=O) groups is 2. The largest absolute Gasteiger partial charge is 0.493 e. The molecule has 1 aliphatic heterocycles. The van der Waals surface area contributed by atoms with Crippen molar-refractivity contribution in [3.8, 4) is 11.5 Å². The van der Waals surface area contributed by atoms with Gasteiger partial charge in [-0.3, -0.25) is 19.7 Å². The van der Waals surface area contributed by atoms with Gasteiger partial charge in [0.15, 0.2) is 11.5 Å². The van der Waals surface area contributed by atoms with Crippen LogP contribution in [0, 0.1) is 10.1 Å². The molecule has 1 aromatic rings. The molecule has 2 amide bonds. The van der Waals surface area contributed by atoms with Crippen LogP contribution in [0.5, 0.6) is 11.5 Å². The van der Waals surface area contributed by atoms with E-state index < -0.39 is 28.9 Å². The van der Waals surface area contributed by atoms with Gasteiger partial charge in [0.05, 0.1) is 30.2 Å². The van der Waals surface area contributed by atoms with E-state index >= 15 is 0 Å². The van der Waals surface area contributed by atoms with Gasteiger partial charge >= 0.3 is 6.61 Å². The fourth-order valence-corrected chi connectivity index (χ4v) is 2.84. The first kappa shape index (κ1) is 22.1. The Morgan fingerprint density at radius 2 is 1.97 bits per heavy atom. The molecule has 2 rings (SSSR count). The van der Waals surface area contributed by atoms with Crippen molar-refractivity contribution < 1.29 is 32.8 Å². The molecule has 11 heteroatoms. The zero-order valence-electron chi connectivity index (χ0n) is 16.0. The number of nitrogens with zero attached hydrogens (tertiary/aromatic N) is 3. The van der Waals surface area contributed by atoms with E-state index in [2.05, 4.69) is 4.74 Å². The Kier molecular flexibility index (Phi) is 7.46. The number of alkyl halides is 2. The topological polar surface area (TPSA) is 102 Å². The summed E-state index contributed by atoms with van der Waals surface area (Å²) in [6.45, 7) is -1.98. The van der Waals surface area contributed by atoms with Crippen molar-refractivity contribution in [2.24, 2.45) is 0 Å². The second-order valence-electron chi connectivity index (χ2n) is 6.31. The first-order chi connectivity index (χ1) is 13.7. The van der Waals surface area contributed by atoms with Crippen LogP contribution in [0.1, 0.15) is 18.4 Å². The maximum absolute atomic E-state index is 12.5. The molecule has 1 aliphatic rings. The molecule has 0 N–H and O–H groups in total. The molecule has 0 spiro atoms. The van der Waals surface area contributed by atoms with Gasteiger partial charge in [0.2, 0.25) is 11.8 Å². The summed E-state index contributed by atoms with van der Waals surface area (Å²) in [5.74, 6) is -1.36. The number of carbonyl (C=O) groups excluding carboxylic acids is 2. The number of nitro benzene ring substituents is 1. The maximum atomic E-state index is 12.5. The third-order valence-electron chi connectivity index (χ3n) is 4.34. The second kappa shape index (κ2) is 9.80. The molecule has 9 nitrogen and oxygen atoms in total.